The van der Waals surface area contributed by atoms with Crippen molar-refractivity contribution in [1.82, 2.24) is 0 Å². The van der Waals surface area contributed by atoms with Gasteiger partial charge in [0.2, 0.25) is 0 Å². The van der Waals surface area contributed by atoms with Crippen LogP contribution in [0, 0.1) is 0 Å². The molecule has 0 amide bonds. The number of carboxylic acid groups (broad SMARTS) is 1. The molecule has 102 valence electrons. The zero-order valence-electron chi connectivity index (χ0n) is 10.4. The fourth-order valence-corrected chi connectivity index (χ4v) is 2.83. The number of carbonyl (C=O) groups excluding carboxylic acids is 1. The maximum atomic E-state index is 12.0. The van der Waals surface area contributed by atoms with Gasteiger partial charge < -0.3 is 5.11 Å². The van der Waals surface area contributed by atoms with E-state index in [0.29, 0.717) is 10.5 Å². The number of aromatic carboxylic acids is 1. The number of halogens is 1. The van der Waals surface area contributed by atoms with Crippen LogP contribution in [0.25, 0.3) is 0 Å². The van der Waals surface area contributed by atoms with Gasteiger partial charge in [0.05, 0.1) is 11.3 Å². The van der Waals surface area contributed by atoms with Crippen molar-refractivity contribution in [3.63, 3.8) is 0 Å². The van der Waals surface area contributed by atoms with Crippen LogP contribution in [0.3, 0.4) is 0 Å². The molecule has 0 fully saturated rings. The maximum Gasteiger partial charge on any atom is 0.336 e. The number of carbonyl (C=O) groups is 2. The monoisotopic (exact) mass is 350 g/mol. The Morgan fingerprint density at radius 2 is 1.70 bits per heavy atom. The molecule has 0 heterocycles. The summed E-state index contributed by atoms with van der Waals surface area (Å²) >= 11 is 4.55. The van der Waals surface area contributed by atoms with Crippen molar-refractivity contribution < 1.29 is 14.7 Å². The molecular weight excluding hydrogens is 340 g/mol. The molecule has 0 spiro atoms. The minimum absolute atomic E-state index is 0.0253. The number of hydrogen-bond acceptors (Lipinski definition) is 3. The van der Waals surface area contributed by atoms with Gasteiger partial charge in [0.1, 0.15) is 0 Å². The van der Waals surface area contributed by atoms with Gasteiger partial charge in [-0.05, 0) is 24.3 Å². The second-order valence-corrected chi connectivity index (χ2v) is 5.95. The number of Topliss-reactive ketones (excluding diaryl/α,β-unsaturated/α-hetero) is 1. The first-order chi connectivity index (χ1) is 9.58. The van der Waals surface area contributed by atoms with Crippen LogP contribution in [0.4, 0.5) is 0 Å². The Bertz CT molecular complexity index is 638. The van der Waals surface area contributed by atoms with E-state index < -0.39 is 5.97 Å². The Morgan fingerprint density at radius 1 is 1.05 bits per heavy atom. The highest BCUT2D eigenvalue weighted by Gasteiger charge is 2.12. The van der Waals surface area contributed by atoms with Gasteiger partial charge in [0.15, 0.2) is 5.78 Å². The maximum absolute atomic E-state index is 12.0. The van der Waals surface area contributed by atoms with Crippen molar-refractivity contribution in [3.8, 4) is 0 Å². The second-order valence-electron chi connectivity index (χ2n) is 4.02. The summed E-state index contributed by atoms with van der Waals surface area (Å²) in [5, 5.41) is 9.07. The van der Waals surface area contributed by atoms with E-state index in [9.17, 15) is 9.59 Å². The Hall–Kier alpha value is -1.59. The fraction of sp³-hybridized carbons (Fsp3) is 0.0667. The molecule has 20 heavy (non-hydrogen) atoms. The van der Waals surface area contributed by atoms with Gasteiger partial charge in [-0.2, -0.15) is 0 Å². The number of rotatable bonds is 5. The van der Waals surface area contributed by atoms with Crippen molar-refractivity contribution in [2.75, 3.05) is 5.75 Å². The van der Waals surface area contributed by atoms with Gasteiger partial charge >= 0.3 is 5.97 Å². The summed E-state index contributed by atoms with van der Waals surface area (Å²) in [6, 6.07) is 13.8. The lowest BCUT2D eigenvalue weighted by Crippen LogP contribution is -2.04. The molecule has 0 aliphatic rings. The van der Waals surface area contributed by atoms with Crippen LogP contribution in [0.15, 0.2) is 57.9 Å². The predicted octanol–water partition coefficient (Wildman–Crippen LogP) is 4.12. The molecule has 0 aliphatic heterocycles. The van der Waals surface area contributed by atoms with E-state index in [0.717, 1.165) is 4.47 Å². The highest BCUT2D eigenvalue weighted by Crippen LogP contribution is 2.24. The number of benzene rings is 2. The first-order valence-corrected chi connectivity index (χ1v) is 7.59. The third-order valence-corrected chi connectivity index (χ3v) is 4.24. The van der Waals surface area contributed by atoms with Crippen LogP contribution in [0.1, 0.15) is 20.7 Å². The number of ketones is 1. The summed E-state index contributed by atoms with van der Waals surface area (Å²) in [5.74, 6) is -0.793. The van der Waals surface area contributed by atoms with Gasteiger partial charge in [0, 0.05) is 14.9 Å². The van der Waals surface area contributed by atoms with E-state index in [4.69, 9.17) is 5.11 Å². The third kappa shape index (κ3) is 3.71. The Kier molecular flexibility index (Phi) is 4.98. The summed E-state index contributed by atoms with van der Waals surface area (Å²) in [6.45, 7) is 0. The molecule has 0 aliphatic carbocycles. The van der Waals surface area contributed by atoms with E-state index >= 15 is 0 Å². The predicted molar refractivity (Wildman–Crippen MR) is 82.6 cm³/mol. The van der Waals surface area contributed by atoms with Gasteiger partial charge in [0.25, 0.3) is 0 Å². The molecule has 2 aromatic carbocycles. The second kappa shape index (κ2) is 6.72. The number of carboxylic acids is 1. The molecule has 2 aromatic rings. The van der Waals surface area contributed by atoms with Crippen LogP contribution in [0.5, 0.6) is 0 Å². The fourth-order valence-electron chi connectivity index (χ4n) is 1.63. The third-order valence-electron chi connectivity index (χ3n) is 2.64. The highest BCUT2D eigenvalue weighted by atomic mass is 79.9. The molecule has 0 saturated carbocycles. The van der Waals surface area contributed by atoms with Crippen LogP contribution in [-0.2, 0) is 0 Å². The zero-order chi connectivity index (χ0) is 14.5. The van der Waals surface area contributed by atoms with Crippen molar-refractivity contribution >= 4 is 39.4 Å². The molecule has 0 unspecified atom stereocenters. The first-order valence-electron chi connectivity index (χ1n) is 5.82. The minimum atomic E-state index is -0.982. The van der Waals surface area contributed by atoms with Crippen molar-refractivity contribution in [2.24, 2.45) is 0 Å². The van der Waals surface area contributed by atoms with E-state index in [1.807, 2.05) is 12.1 Å². The molecule has 3 nitrogen and oxygen atoms in total. The summed E-state index contributed by atoms with van der Waals surface area (Å²) in [7, 11) is 0. The SMILES string of the molecule is O=C(CSc1ccccc1C(=O)O)c1ccc(Br)cc1. The van der Waals surface area contributed by atoms with Crippen LogP contribution in [-0.4, -0.2) is 22.6 Å². The van der Waals surface area contributed by atoms with Gasteiger partial charge in [-0.1, -0.05) is 40.2 Å². The van der Waals surface area contributed by atoms with Crippen molar-refractivity contribution in [2.45, 2.75) is 4.90 Å². The molecular formula is C15H11BrO3S. The average molecular weight is 351 g/mol. The highest BCUT2D eigenvalue weighted by molar-refractivity contribution is 9.10. The average Bonchev–Trinajstić information content (AvgIpc) is 2.45. The normalized spacial score (nSPS) is 10.2. The van der Waals surface area contributed by atoms with E-state index in [-0.39, 0.29) is 17.1 Å². The van der Waals surface area contributed by atoms with Gasteiger partial charge in [-0.15, -0.1) is 11.8 Å². The van der Waals surface area contributed by atoms with Crippen LogP contribution < -0.4 is 0 Å². The van der Waals surface area contributed by atoms with Gasteiger partial charge in [-0.25, -0.2) is 4.79 Å². The Morgan fingerprint density at radius 3 is 2.35 bits per heavy atom. The van der Waals surface area contributed by atoms with E-state index in [1.54, 1.807) is 30.3 Å². The number of hydrogen-bond donors (Lipinski definition) is 1. The zero-order valence-corrected chi connectivity index (χ0v) is 12.8. The van der Waals surface area contributed by atoms with E-state index in [2.05, 4.69) is 15.9 Å². The first kappa shape index (κ1) is 14.8. The topological polar surface area (TPSA) is 54.4 Å². The van der Waals surface area contributed by atoms with Crippen molar-refractivity contribution in [3.05, 3.63) is 64.1 Å². The Balaban J connectivity index is 2.07. The van der Waals surface area contributed by atoms with Crippen LogP contribution in [0.2, 0.25) is 0 Å². The summed E-state index contributed by atoms with van der Waals surface area (Å²) in [5.41, 5.74) is 0.842. The molecule has 5 heteroatoms. The lowest BCUT2D eigenvalue weighted by atomic mass is 10.2. The molecule has 2 rings (SSSR count). The molecule has 0 aromatic heterocycles. The van der Waals surface area contributed by atoms with Crippen molar-refractivity contribution in [1.29, 1.82) is 0 Å². The minimum Gasteiger partial charge on any atom is -0.478 e. The van der Waals surface area contributed by atoms with Crippen LogP contribution >= 0.6 is 27.7 Å². The lowest BCUT2D eigenvalue weighted by Gasteiger charge is -2.05. The summed E-state index contributed by atoms with van der Waals surface area (Å²) in [6.07, 6.45) is 0. The standard InChI is InChI=1S/C15H11BrO3S/c16-11-7-5-10(6-8-11)13(17)9-20-14-4-2-1-3-12(14)15(18)19/h1-8H,9H2,(H,18,19). The van der Waals surface area contributed by atoms with Gasteiger partial charge in [-0.3, -0.25) is 4.79 Å². The molecule has 0 atom stereocenters. The summed E-state index contributed by atoms with van der Waals surface area (Å²) in [4.78, 5) is 23.7. The molecule has 1 N–H and O–H groups in total. The Labute approximate surface area is 129 Å². The number of thioether (sulfide) groups is 1. The largest absolute Gasteiger partial charge is 0.478 e. The smallest absolute Gasteiger partial charge is 0.336 e. The quantitative estimate of drug-likeness (QED) is 0.650. The molecule has 0 radical (unpaired) electrons. The lowest BCUT2D eigenvalue weighted by molar-refractivity contribution is 0.0692. The molecule has 0 saturated heterocycles. The molecule has 0 bridgehead atoms. The van der Waals surface area contributed by atoms with E-state index in [1.165, 1.54) is 17.8 Å². The summed E-state index contributed by atoms with van der Waals surface area (Å²) < 4.78 is 0.915.